The van der Waals surface area contributed by atoms with Crippen LogP contribution < -0.4 is 0 Å². The monoisotopic (exact) mass is 123 g/mol. The second kappa shape index (κ2) is 2.44. The summed E-state index contributed by atoms with van der Waals surface area (Å²) in [6.45, 7) is 1.80. The van der Waals surface area contributed by atoms with Crippen LogP contribution in [0, 0.1) is 6.33 Å². The van der Waals surface area contributed by atoms with Crippen molar-refractivity contribution < 1.29 is 4.79 Å². The minimum Gasteiger partial charge on any atom is -0.274 e. The molecular weight excluding hydrogens is 116 g/mol. The van der Waals surface area contributed by atoms with Crippen LogP contribution in [0.25, 0.3) is 0 Å². The van der Waals surface area contributed by atoms with Gasteiger partial charge in [-0.3, -0.25) is 9.36 Å². The maximum Gasteiger partial charge on any atom is 0.232 e. The molecule has 0 unspecified atom stereocenters. The third-order valence-electron chi connectivity index (χ3n) is 1.03. The molecule has 0 fully saturated rings. The molecule has 1 aromatic heterocycles. The number of hydrogen-bond acceptors (Lipinski definition) is 2. The van der Waals surface area contributed by atoms with Crippen LogP contribution in [0.1, 0.15) is 18.1 Å². The molecule has 0 aliphatic heterocycles. The second-order valence-electron chi connectivity index (χ2n) is 1.64. The van der Waals surface area contributed by atoms with Crippen molar-refractivity contribution in [1.29, 1.82) is 0 Å². The Morgan fingerprint density at radius 3 is 3.11 bits per heavy atom. The van der Waals surface area contributed by atoms with Gasteiger partial charge in [-0.25, -0.2) is 4.98 Å². The highest BCUT2D eigenvalue weighted by Gasteiger charge is 1.97. The van der Waals surface area contributed by atoms with Gasteiger partial charge >= 0.3 is 0 Å². The zero-order valence-corrected chi connectivity index (χ0v) is 5.16. The van der Waals surface area contributed by atoms with Gasteiger partial charge in [-0.15, -0.1) is 0 Å². The molecule has 1 heterocycles. The Hall–Kier alpha value is -1.12. The summed E-state index contributed by atoms with van der Waals surface area (Å²) in [7, 11) is 0. The van der Waals surface area contributed by atoms with Crippen molar-refractivity contribution in [3.63, 3.8) is 0 Å². The molecule has 1 radical (unpaired) electrons. The first-order chi connectivity index (χ1) is 4.34. The average molecular weight is 123 g/mol. The molecule has 0 saturated heterocycles. The van der Waals surface area contributed by atoms with Crippen LogP contribution in [0.4, 0.5) is 0 Å². The SMILES string of the molecule is CCC(=O)n1[c]ncc1. The van der Waals surface area contributed by atoms with Gasteiger partial charge in [0.25, 0.3) is 0 Å². The summed E-state index contributed by atoms with van der Waals surface area (Å²) >= 11 is 0. The molecule has 1 aromatic rings. The van der Waals surface area contributed by atoms with E-state index in [2.05, 4.69) is 11.3 Å². The van der Waals surface area contributed by atoms with Crippen molar-refractivity contribution in [3.8, 4) is 0 Å². The van der Waals surface area contributed by atoms with Crippen LogP contribution in [0.15, 0.2) is 12.4 Å². The van der Waals surface area contributed by atoms with Gasteiger partial charge in [0, 0.05) is 18.8 Å². The second-order valence-corrected chi connectivity index (χ2v) is 1.64. The van der Waals surface area contributed by atoms with Gasteiger partial charge in [-0.1, -0.05) is 6.92 Å². The molecule has 0 amide bonds. The van der Waals surface area contributed by atoms with Crippen molar-refractivity contribution in [1.82, 2.24) is 9.55 Å². The van der Waals surface area contributed by atoms with Crippen LogP contribution in [-0.4, -0.2) is 15.5 Å². The Morgan fingerprint density at radius 1 is 1.89 bits per heavy atom. The van der Waals surface area contributed by atoms with Crippen LogP contribution >= 0.6 is 0 Å². The summed E-state index contributed by atoms with van der Waals surface area (Å²) in [5.41, 5.74) is 0. The molecule has 0 saturated carbocycles. The van der Waals surface area contributed by atoms with Gasteiger partial charge in [-0.2, -0.15) is 0 Å². The van der Waals surface area contributed by atoms with Gasteiger partial charge in [0.05, 0.1) is 0 Å². The molecule has 0 atom stereocenters. The fourth-order valence-corrected chi connectivity index (χ4v) is 0.538. The van der Waals surface area contributed by atoms with Crippen LogP contribution in [0.2, 0.25) is 0 Å². The molecule has 9 heavy (non-hydrogen) atoms. The van der Waals surface area contributed by atoms with Crippen LogP contribution in [0.3, 0.4) is 0 Å². The summed E-state index contributed by atoms with van der Waals surface area (Å²) in [5, 5.41) is 0. The molecule has 0 aromatic carbocycles. The molecule has 1 rings (SSSR count). The predicted octanol–water partition coefficient (Wildman–Crippen LogP) is 0.733. The zero-order valence-electron chi connectivity index (χ0n) is 5.16. The standard InChI is InChI=1S/C6H7N2O/c1-2-6(9)8-4-3-7-5-8/h3-4H,2H2,1H3. The number of imidazole rings is 1. The van der Waals surface area contributed by atoms with Gasteiger partial charge in [0.1, 0.15) is 0 Å². The maximum absolute atomic E-state index is 10.8. The topological polar surface area (TPSA) is 34.9 Å². The summed E-state index contributed by atoms with van der Waals surface area (Å²) in [6, 6.07) is 0. The normalized spacial score (nSPS) is 9.44. The van der Waals surface area contributed by atoms with E-state index in [1.807, 2.05) is 0 Å². The van der Waals surface area contributed by atoms with E-state index >= 15 is 0 Å². The molecule has 0 bridgehead atoms. The highest BCUT2D eigenvalue weighted by Crippen LogP contribution is 1.87. The summed E-state index contributed by atoms with van der Waals surface area (Å²) in [5.74, 6) is 0.0208. The third-order valence-corrected chi connectivity index (χ3v) is 1.03. The Bertz CT molecular complexity index is 191. The van der Waals surface area contributed by atoms with E-state index in [9.17, 15) is 4.79 Å². The summed E-state index contributed by atoms with van der Waals surface area (Å²) in [4.78, 5) is 14.4. The number of rotatable bonds is 1. The summed E-state index contributed by atoms with van der Waals surface area (Å²) < 4.78 is 1.35. The minimum absolute atomic E-state index is 0.0208. The molecular formula is C6H7N2O. The number of nitrogens with zero attached hydrogens (tertiary/aromatic N) is 2. The van der Waals surface area contributed by atoms with E-state index in [1.165, 1.54) is 10.8 Å². The number of aromatic nitrogens is 2. The van der Waals surface area contributed by atoms with Crippen molar-refractivity contribution >= 4 is 5.91 Å². The maximum atomic E-state index is 10.8. The van der Waals surface area contributed by atoms with E-state index in [4.69, 9.17) is 0 Å². The fraction of sp³-hybridized carbons (Fsp3) is 0.333. The first-order valence-electron chi connectivity index (χ1n) is 2.79. The number of carbonyl (C=O) groups excluding carboxylic acids is 1. The zero-order chi connectivity index (χ0) is 6.69. The van der Waals surface area contributed by atoms with Crippen molar-refractivity contribution in [2.24, 2.45) is 0 Å². The number of carbonyl (C=O) groups is 1. The fourth-order valence-electron chi connectivity index (χ4n) is 0.538. The predicted molar refractivity (Wildman–Crippen MR) is 32.0 cm³/mol. The van der Waals surface area contributed by atoms with Crippen LogP contribution in [-0.2, 0) is 0 Å². The highest BCUT2D eigenvalue weighted by atomic mass is 16.1. The van der Waals surface area contributed by atoms with E-state index < -0.39 is 0 Å². The lowest BCUT2D eigenvalue weighted by Crippen LogP contribution is -2.05. The Balaban J connectivity index is 2.77. The molecule has 0 N–H and O–H groups in total. The van der Waals surface area contributed by atoms with Crippen molar-refractivity contribution in [2.45, 2.75) is 13.3 Å². The highest BCUT2D eigenvalue weighted by molar-refractivity contribution is 5.77. The van der Waals surface area contributed by atoms with Crippen LogP contribution in [0.5, 0.6) is 0 Å². The first-order valence-corrected chi connectivity index (χ1v) is 2.79. The Morgan fingerprint density at radius 2 is 2.67 bits per heavy atom. The minimum atomic E-state index is 0.0208. The third kappa shape index (κ3) is 1.16. The Kier molecular flexibility index (Phi) is 1.63. The molecule has 0 aliphatic rings. The molecule has 0 spiro atoms. The van der Waals surface area contributed by atoms with E-state index in [0.29, 0.717) is 6.42 Å². The van der Waals surface area contributed by atoms with Gasteiger partial charge in [0.2, 0.25) is 5.91 Å². The number of hydrogen-bond donors (Lipinski definition) is 0. The van der Waals surface area contributed by atoms with E-state index in [1.54, 1.807) is 13.1 Å². The first kappa shape index (κ1) is 6.01. The molecule has 3 nitrogen and oxygen atoms in total. The van der Waals surface area contributed by atoms with Gasteiger partial charge in [-0.05, 0) is 0 Å². The smallest absolute Gasteiger partial charge is 0.232 e. The molecule has 0 aliphatic carbocycles. The largest absolute Gasteiger partial charge is 0.274 e. The van der Waals surface area contributed by atoms with Gasteiger partial charge < -0.3 is 0 Å². The lowest BCUT2D eigenvalue weighted by Gasteiger charge is -1.91. The lowest BCUT2D eigenvalue weighted by atomic mass is 10.4. The quantitative estimate of drug-likeness (QED) is 0.551. The van der Waals surface area contributed by atoms with Crippen molar-refractivity contribution in [3.05, 3.63) is 18.7 Å². The summed E-state index contributed by atoms with van der Waals surface area (Å²) in [6.07, 6.45) is 6.12. The van der Waals surface area contributed by atoms with E-state index in [-0.39, 0.29) is 5.91 Å². The van der Waals surface area contributed by atoms with E-state index in [0.717, 1.165) is 0 Å². The van der Waals surface area contributed by atoms with Gasteiger partial charge in [0.15, 0.2) is 6.33 Å². The molecule has 47 valence electrons. The molecule has 3 heteroatoms. The Labute approximate surface area is 53.3 Å². The average Bonchev–Trinajstić information content (AvgIpc) is 2.37. The van der Waals surface area contributed by atoms with Crippen molar-refractivity contribution in [2.75, 3.05) is 0 Å². The lowest BCUT2D eigenvalue weighted by molar-refractivity contribution is 0.0907.